The fourth-order valence-electron chi connectivity index (χ4n) is 3.61. The van der Waals surface area contributed by atoms with Crippen molar-refractivity contribution in [1.29, 1.82) is 5.26 Å². The lowest BCUT2D eigenvalue weighted by molar-refractivity contribution is -0.119. The van der Waals surface area contributed by atoms with E-state index in [1.165, 1.54) is 11.8 Å². The molecule has 0 aliphatic heterocycles. The van der Waals surface area contributed by atoms with Crippen LogP contribution in [-0.4, -0.2) is 38.6 Å². The zero-order valence-electron chi connectivity index (χ0n) is 18.4. The van der Waals surface area contributed by atoms with Gasteiger partial charge in [-0.25, -0.2) is 0 Å². The minimum absolute atomic E-state index is 0.120. The van der Waals surface area contributed by atoms with Gasteiger partial charge in [0, 0.05) is 16.3 Å². The first kappa shape index (κ1) is 23.1. The summed E-state index contributed by atoms with van der Waals surface area (Å²) in [5, 5.41) is 22.3. The van der Waals surface area contributed by atoms with E-state index in [2.05, 4.69) is 21.6 Å². The van der Waals surface area contributed by atoms with Crippen molar-refractivity contribution in [3.8, 4) is 28.9 Å². The van der Waals surface area contributed by atoms with Crippen molar-refractivity contribution in [2.45, 2.75) is 37.4 Å². The lowest BCUT2D eigenvalue weighted by atomic mass is 9.98. The van der Waals surface area contributed by atoms with Gasteiger partial charge in [0.15, 0.2) is 11.0 Å². The van der Waals surface area contributed by atoms with Crippen molar-refractivity contribution >= 4 is 29.3 Å². The largest absolute Gasteiger partial charge is 0.494 e. The van der Waals surface area contributed by atoms with Crippen LogP contribution in [0.15, 0.2) is 53.7 Å². The van der Waals surface area contributed by atoms with E-state index in [0.29, 0.717) is 22.6 Å². The third-order valence-corrected chi connectivity index (χ3v) is 6.64. The molecule has 0 radical (unpaired) electrons. The number of hydrogen-bond donors (Lipinski definition) is 1. The molecule has 1 N–H and O–H groups in total. The molecule has 0 saturated heterocycles. The maximum Gasteiger partial charge on any atom is 0.231 e. The lowest BCUT2D eigenvalue weighted by Crippen LogP contribution is -2.47. The Morgan fingerprint density at radius 3 is 2.70 bits per heavy atom. The molecule has 1 atom stereocenters. The van der Waals surface area contributed by atoms with Crippen LogP contribution in [0.1, 0.15) is 26.7 Å². The minimum Gasteiger partial charge on any atom is -0.494 e. The van der Waals surface area contributed by atoms with Crippen LogP contribution < -0.4 is 10.1 Å². The molecule has 1 amide bonds. The highest BCUT2D eigenvalue weighted by atomic mass is 35.5. The molecule has 0 spiro atoms. The van der Waals surface area contributed by atoms with Crippen LogP contribution in [0.4, 0.5) is 0 Å². The summed E-state index contributed by atoms with van der Waals surface area (Å²) in [6.45, 7) is 4.30. The molecule has 33 heavy (non-hydrogen) atoms. The van der Waals surface area contributed by atoms with Crippen molar-refractivity contribution in [3.63, 3.8) is 0 Å². The number of halogens is 1. The lowest BCUT2D eigenvalue weighted by Gasteiger charge is -2.22. The number of ether oxygens (including phenoxy) is 1. The second kappa shape index (κ2) is 9.86. The average molecular weight is 482 g/mol. The van der Waals surface area contributed by atoms with Crippen molar-refractivity contribution in [2.75, 3.05) is 12.4 Å². The molecule has 7 nitrogen and oxygen atoms in total. The van der Waals surface area contributed by atoms with Crippen LogP contribution in [-0.2, 0) is 4.79 Å². The van der Waals surface area contributed by atoms with E-state index >= 15 is 0 Å². The summed E-state index contributed by atoms with van der Waals surface area (Å²) < 4.78 is 7.45. The molecule has 2 aromatic carbocycles. The normalized spacial score (nSPS) is 14.8. The number of nitrogens with one attached hydrogen (secondary N) is 1. The number of hydrogen-bond acceptors (Lipinski definition) is 6. The number of nitriles is 1. The van der Waals surface area contributed by atoms with Gasteiger partial charge in [-0.15, -0.1) is 10.2 Å². The van der Waals surface area contributed by atoms with Gasteiger partial charge >= 0.3 is 0 Å². The van der Waals surface area contributed by atoms with Crippen LogP contribution in [0, 0.1) is 17.2 Å². The van der Waals surface area contributed by atoms with E-state index in [1.807, 2.05) is 54.0 Å². The monoisotopic (exact) mass is 481 g/mol. The molecule has 0 bridgehead atoms. The van der Waals surface area contributed by atoms with Gasteiger partial charge in [-0.2, -0.15) is 5.26 Å². The second-order valence-electron chi connectivity index (χ2n) is 8.00. The first-order chi connectivity index (χ1) is 15.9. The number of benzene rings is 2. The van der Waals surface area contributed by atoms with Crippen molar-refractivity contribution in [1.82, 2.24) is 20.1 Å². The van der Waals surface area contributed by atoms with E-state index in [4.69, 9.17) is 16.3 Å². The number of aromatic nitrogens is 3. The van der Waals surface area contributed by atoms with Gasteiger partial charge in [-0.1, -0.05) is 35.5 Å². The van der Waals surface area contributed by atoms with E-state index in [1.54, 1.807) is 13.0 Å². The summed E-state index contributed by atoms with van der Waals surface area (Å²) in [5.41, 5.74) is 0.819. The molecule has 9 heteroatoms. The number of amides is 1. The van der Waals surface area contributed by atoms with Crippen LogP contribution in [0.5, 0.6) is 5.75 Å². The Balaban J connectivity index is 1.61. The predicted molar refractivity (Wildman–Crippen MR) is 129 cm³/mol. The second-order valence-corrected chi connectivity index (χ2v) is 9.38. The fourth-order valence-corrected chi connectivity index (χ4v) is 4.55. The third-order valence-electron chi connectivity index (χ3n) is 5.48. The summed E-state index contributed by atoms with van der Waals surface area (Å²) in [7, 11) is 0. The summed E-state index contributed by atoms with van der Waals surface area (Å²) in [5.74, 6) is 1.52. The first-order valence-electron chi connectivity index (χ1n) is 10.7. The Kier molecular flexibility index (Phi) is 6.91. The Labute approximate surface area is 202 Å². The summed E-state index contributed by atoms with van der Waals surface area (Å²) >= 11 is 7.48. The molecule has 4 rings (SSSR count). The zero-order valence-corrected chi connectivity index (χ0v) is 20.0. The van der Waals surface area contributed by atoms with Crippen LogP contribution >= 0.6 is 23.4 Å². The highest BCUT2D eigenvalue weighted by Gasteiger charge is 2.43. The third kappa shape index (κ3) is 5.32. The standard InChI is InChI=1S/C24H24ClN5O2S/c1-3-32-20-11-9-19(10-12-20)30-22(16-5-4-6-18(25)13-16)28-29-23(30)33-14-21(31)27-24(2,15-26)17-7-8-17/h4-6,9-13,17H,3,7-8,14H2,1-2H3,(H,27,31). The highest BCUT2D eigenvalue weighted by Crippen LogP contribution is 2.39. The molecular formula is C24H24ClN5O2S. The molecular weight excluding hydrogens is 458 g/mol. The number of carbonyl (C=O) groups excluding carboxylic acids is 1. The van der Waals surface area contributed by atoms with E-state index in [0.717, 1.165) is 29.8 Å². The summed E-state index contributed by atoms with van der Waals surface area (Å²) in [6, 6.07) is 17.3. The Hall–Kier alpha value is -3.02. The van der Waals surface area contributed by atoms with Gasteiger partial charge in [0.2, 0.25) is 5.91 Å². The van der Waals surface area contributed by atoms with Crippen molar-refractivity contribution < 1.29 is 9.53 Å². The maximum atomic E-state index is 12.6. The van der Waals surface area contributed by atoms with Gasteiger partial charge in [-0.3, -0.25) is 9.36 Å². The molecule has 1 unspecified atom stereocenters. The molecule has 1 aliphatic carbocycles. The molecule has 1 heterocycles. The van der Waals surface area contributed by atoms with Gasteiger partial charge in [0.25, 0.3) is 0 Å². The predicted octanol–water partition coefficient (Wildman–Crippen LogP) is 4.89. The quantitative estimate of drug-likeness (QED) is 0.437. The van der Waals surface area contributed by atoms with E-state index in [-0.39, 0.29) is 17.6 Å². The van der Waals surface area contributed by atoms with Gasteiger partial charge < -0.3 is 10.1 Å². The number of nitrogens with zero attached hydrogens (tertiary/aromatic N) is 4. The summed E-state index contributed by atoms with van der Waals surface area (Å²) in [4.78, 5) is 12.6. The fraction of sp³-hybridized carbons (Fsp3) is 0.333. The first-order valence-corrected chi connectivity index (χ1v) is 12.1. The maximum absolute atomic E-state index is 12.6. The highest BCUT2D eigenvalue weighted by molar-refractivity contribution is 7.99. The van der Waals surface area contributed by atoms with Crippen LogP contribution in [0.3, 0.4) is 0 Å². The molecule has 1 aliphatic rings. The van der Waals surface area contributed by atoms with Gasteiger partial charge in [-0.05, 0) is 69.0 Å². The molecule has 170 valence electrons. The van der Waals surface area contributed by atoms with Crippen LogP contribution in [0.25, 0.3) is 17.1 Å². The van der Waals surface area contributed by atoms with Gasteiger partial charge in [0.05, 0.1) is 18.4 Å². The molecule has 3 aromatic rings. The minimum atomic E-state index is -0.827. The van der Waals surface area contributed by atoms with E-state index in [9.17, 15) is 10.1 Å². The topological polar surface area (TPSA) is 92.8 Å². The zero-order chi connectivity index (χ0) is 23.4. The van der Waals surface area contributed by atoms with Gasteiger partial charge in [0.1, 0.15) is 11.3 Å². The number of carbonyl (C=O) groups is 1. The number of rotatable bonds is 9. The smallest absolute Gasteiger partial charge is 0.231 e. The molecule has 1 fully saturated rings. The number of thioether (sulfide) groups is 1. The Morgan fingerprint density at radius 2 is 2.06 bits per heavy atom. The Morgan fingerprint density at radius 1 is 1.30 bits per heavy atom. The molecule has 1 aromatic heterocycles. The average Bonchev–Trinajstić information content (AvgIpc) is 3.59. The Bertz CT molecular complexity index is 1190. The van der Waals surface area contributed by atoms with Crippen LogP contribution in [0.2, 0.25) is 5.02 Å². The van der Waals surface area contributed by atoms with Crippen molar-refractivity contribution in [2.24, 2.45) is 5.92 Å². The SMILES string of the molecule is CCOc1ccc(-n2c(SCC(=O)NC(C)(C#N)C3CC3)nnc2-c2cccc(Cl)c2)cc1. The molecule has 1 saturated carbocycles. The van der Waals surface area contributed by atoms with Crippen molar-refractivity contribution in [3.05, 3.63) is 53.6 Å². The van der Waals surface area contributed by atoms with E-state index < -0.39 is 5.54 Å². The summed E-state index contributed by atoms with van der Waals surface area (Å²) in [6.07, 6.45) is 1.93.